The maximum absolute atomic E-state index is 10.7. The SMILES string of the molecule is C[C@@H](O)C1O[C@H](O[C@@H]2C(N)C[C@@H](N)C(O)C2O[C@@H]2O[C@H](CN)C(O)C2O)C(N)C(O)[C@@H]1O. The van der Waals surface area contributed by atoms with Gasteiger partial charge in [0.15, 0.2) is 12.6 Å². The predicted octanol–water partition coefficient (Wildman–Crippen LogP) is -6.26. The summed E-state index contributed by atoms with van der Waals surface area (Å²) in [4.78, 5) is 0. The van der Waals surface area contributed by atoms with Gasteiger partial charge in [0, 0.05) is 18.6 Å². The minimum atomic E-state index is -1.47. The first-order valence-electron chi connectivity index (χ1n) is 10.6. The van der Waals surface area contributed by atoms with E-state index in [-0.39, 0.29) is 13.0 Å². The molecule has 14 nitrogen and oxygen atoms in total. The first kappa shape index (κ1) is 26.1. The lowest BCUT2D eigenvalue weighted by molar-refractivity contribution is -0.315. The van der Waals surface area contributed by atoms with E-state index in [1.165, 1.54) is 6.92 Å². The third-order valence-electron chi connectivity index (χ3n) is 6.36. The number of nitrogens with two attached hydrogens (primary N) is 4. The van der Waals surface area contributed by atoms with Crippen LogP contribution in [0.4, 0.5) is 0 Å². The van der Waals surface area contributed by atoms with Crippen LogP contribution in [0, 0.1) is 0 Å². The van der Waals surface area contributed by atoms with E-state index in [1.54, 1.807) is 0 Å². The molecule has 14 N–H and O–H groups in total. The average molecular weight is 469 g/mol. The van der Waals surface area contributed by atoms with Gasteiger partial charge < -0.3 is 72.5 Å². The molecule has 0 aromatic carbocycles. The molecule has 2 saturated heterocycles. The summed E-state index contributed by atoms with van der Waals surface area (Å²) in [5.74, 6) is 0. The molecule has 3 rings (SSSR count). The summed E-state index contributed by atoms with van der Waals surface area (Å²) in [6, 6.07) is -2.78. The Morgan fingerprint density at radius 2 is 1.44 bits per heavy atom. The number of hydrogen-bond donors (Lipinski definition) is 10. The van der Waals surface area contributed by atoms with Gasteiger partial charge in [-0.3, -0.25) is 0 Å². The van der Waals surface area contributed by atoms with E-state index in [2.05, 4.69) is 0 Å². The van der Waals surface area contributed by atoms with E-state index in [1.807, 2.05) is 0 Å². The van der Waals surface area contributed by atoms with Gasteiger partial charge in [-0.25, -0.2) is 0 Å². The van der Waals surface area contributed by atoms with Crippen LogP contribution in [0.25, 0.3) is 0 Å². The van der Waals surface area contributed by atoms with Crippen molar-refractivity contribution in [2.45, 2.75) is 105 Å². The molecular formula is C18H36N4O10. The Labute approximate surface area is 185 Å². The standard InChI is InChI=1S/C18H36N4O10/c1-4(23)14-12(27)11(26)8(22)17(30-14)31-15-6(21)2-5(20)9(24)16(15)32-18-13(28)10(25)7(3-19)29-18/h4-18,23-28H,2-3,19-22H2,1H3/t4-,5-,6?,7-,8?,9?,10?,11?,12+,13?,14?,15-,16?,17-,18+/m1/s1. The van der Waals surface area contributed by atoms with Crippen molar-refractivity contribution in [3.05, 3.63) is 0 Å². The summed E-state index contributed by atoms with van der Waals surface area (Å²) >= 11 is 0. The molecule has 1 saturated carbocycles. The number of hydrogen-bond acceptors (Lipinski definition) is 14. The fraction of sp³-hybridized carbons (Fsp3) is 1.00. The normalized spacial score (nSPS) is 53.3. The van der Waals surface area contributed by atoms with Crippen LogP contribution >= 0.6 is 0 Å². The third-order valence-corrected chi connectivity index (χ3v) is 6.36. The zero-order valence-corrected chi connectivity index (χ0v) is 17.7. The summed E-state index contributed by atoms with van der Waals surface area (Å²) < 4.78 is 22.7. The van der Waals surface area contributed by atoms with Crippen molar-refractivity contribution in [2.24, 2.45) is 22.9 Å². The fourth-order valence-electron chi connectivity index (χ4n) is 4.37. The quantitative estimate of drug-likeness (QED) is 0.174. The number of aliphatic hydroxyl groups excluding tert-OH is 6. The summed E-state index contributed by atoms with van der Waals surface area (Å²) in [7, 11) is 0. The van der Waals surface area contributed by atoms with Gasteiger partial charge in [0.25, 0.3) is 0 Å². The number of rotatable bonds is 6. The molecular weight excluding hydrogens is 432 g/mol. The van der Waals surface area contributed by atoms with Crippen LogP contribution in [0.1, 0.15) is 13.3 Å². The van der Waals surface area contributed by atoms with Crippen LogP contribution in [-0.4, -0.2) is 129 Å². The molecule has 3 fully saturated rings. The Morgan fingerprint density at radius 1 is 0.812 bits per heavy atom. The molecule has 1 aliphatic carbocycles. The first-order valence-corrected chi connectivity index (χ1v) is 10.6. The molecule has 0 spiro atoms. The van der Waals surface area contributed by atoms with Gasteiger partial charge in [0.05, 0.1) is 18.2 Å². The van der Waals surface area contributed by atoms with E-state index >= 15 is 0 Å². The molecule has 0 bridgehead atoms. The minimum Gasteiger partial charge on any atom is -0.391 e. The van der Waals surface area contributed by atoms with Crippen LogP contribution < -0.4 is 22.9 Å². The average Bonchev–Trinajstić information content (AvgIpc) is 3.01. The Balaban J connectivity index is 1.79. The highest BCUT2D eigenvalue weighted by Crippen LogP contribution is 2.32. The second-order valence-electron chi connectivity index (χ2n) is 8.78. The van der Waals surface area contributed by atoms with Crippen molar-refractivity contribution in [2.75, 3.05) is 6.54 Å². The van der Waals surface area contributed by atoms with Crippen LogP contribution in [0.3, 0.4) is 0 Å². The fourth-order valence-corrected chi connectivity index (χ4v) is 4.37. The van der Waals surface area contributed by atoms with Crippen LogP contribution in [0.2, 0.25) is 0 Å². The number of ether oxygens (including phenoxy) is 4. The zero-order valence-electron chi connectivity index (χ0n) is 17.7. The molecule has 2 aliphatic heterocycles. The molecule has 0 aromatic heterocycles. The monoisotopic (exact) mass is 468 g/mol. The second-order valence-corrected chi connectivity index (χ2v) is 8.78. The molecule has 188 valence electrons. The predicted molar refractivity (Wildman–Crippen MR) is 106 cm³/mol. The highest BCUT2D eigenvalue weighted by molar-refractivity contribution is 5.01. The third kappa shape index (κ3) is 4.94. The smallest absolute Gasteiger partial charge is 0.187 e. The van der Waals surface area contributed by atoms with Gasteiger partial charge in [-0.05, 0) is 13.3 Å². The van der Waals surface area contributed by atoms with Gasteiger partial charge in [-0.15, -0.1) is 0 Å². The van der Waals surface area contributed by atoms with Crippen LogP contribution in [-0.2, 0) is 18.9 Å². The lowest BCUT2D eigenvalue weighted by Crippen LogP contribution is -2.68. The zero-order chi connectivity index (χ0) is 23.9. The molecule has 32 heavy (non-hydrogen) atoms. The van der Waals surface area contributed by atoms with Crippen molar-refractivity contribution < 1.29 is 49.6 Å². The Kier molecular flexibility index (Phi) is 8.44. The van der Waals surface area contributed by atoms with E-state index in [0.29, 0.717) is 0 Å². The summed E-state index contributed by atoms with van der Waals surface area (Å²) in [6.45, 7) is 1.30. The van der Waals surface area contributed by atoms with Gasteiger partial charge in [-0.2, -0.15) is 0 Å². The maximum atomic E-state index is 10.7. The maximum Gasteiger partial charge on any atom is 0.187 e. The molecule has 8 unspecified atom stereocenters. The largest absolute Gasteiger partial charge is 0.391 e. The van der Waals surface area contributed by atoms with Crippen LogP contribution in [0.5, 0.6) is 0 Å². The minimum absolute atomic E-state index is 0.0734. The summed E-state index contributed by atoms with van der Waals surface area (Å²) in [6.07, 6.45) is -15.1. The molecule has 3 aliphatic rings. The van der Waals surface area contributed by atoms with E-state index in [0.717, 1.165) is 0 Å². The van der Waals surface area contributed by atoms with Gasteiger partial charge in [0.2, 0.25) is 0 Å². The first-order chi connectivity index (χ1) is 15.0. The lowest BCUT2D eigenvalue weighted by atomic mass is 9.84. The topological polar surface area (TPSA) is 262 Å². The molecule has 0 amide bonds. The lowest BCUT2D eigenvalue weighted by Gasteiger charge is -2.47. The van der Waals surface area contributed by atoms with E-state index in [9.17, 15) is 30.6 Å². The second kappa shape index (κ2) is 10.4. The van der Waals surface area contributed by atoms with Crippen molar-refractivity contribution in [1.82, 2.24) is 0 Å². The summed E-state index contributed by atoms with van der Waals surface area (Å²) in [5.41, 5.74) is 23.7. The Hall–Kier alpha value is -0.560. The van der Waals surface area contributed by atoms with Crippen molar-refractivity contribution in [3.8, 4) is 0 Å². The van der Waals surface area contributed by atoms with Crippen molar-refractivity contribution >= 4 is 0 Å². The van der Waals surface area contributed by atoms with Gasteiger partial charge >= 0.3 is 0 Å². The van der Waals surface area contributed by atoms with E-state index < -0.39 is 91.7 Å². The Bertz CT molecular complexity index is 620. The molecule has 14 heteroatoms. The molecule has 15 atom stereocenters. The van der Waals surface area contributed by atoms with E-state index in [4.69, 9.17) is 41.9 Å². The summed E-state index contributed by atoms with van der Waals surface area (Å²) in [5, 5.41) is 61.2. The highest BCUT2D eigenvalue weighted by Gasteiger charge is 2.52. The molecule has 2 heterocycles. The van der Waals surface area contributed by atoms with Gasteiger partial charge in [0.1, 0.15) is 48.8 Å². The van der Waals surface area contributed by atoms with Crippen molar-refractivity contribution in [3.63, 3.8) is 0 Å². The van der Waals surface area contributed by atoms with Gasteiger partial charge in [-0.1, -0.05) is 0 Å². The molecule has 0 radical (unpaired) electrons. The molecule has 0 aromatic rings. The number of aliphatic hydroxyl groups is 6. The Morgan fingerprint density at radius 3 is 2.00 bits per heavy atom. The van der Waals surface area contributed by atoms with Crippen molar-refractivity contribution in [1.29, 1.82) is 0 Å². The highest BCUT2D eigenvalue weighted by atomic mass is 16.7. The van der Waals surface area contributed by atoms with Crippen LogP contribution in [0.15, 0.2) is 0 Å².